The molecule has 0 N–H and O–H groups in total. The molecule has 0 fully saturated rings. The molecule has 0 bridgehead atoms. The van der Waals surface area contributed by atoms with Crippen molar-refractivity contribution in [1.82, 2.24) is 14.1 Å². The number of fused-ring (bicyclic) bond motifs is 7. The van der Waals surface area contributed by atoms with Crippen LogP contribution in [0.3, 0.4) is 0 Å². The van der Waals surface area contributed by atoms with Gasteiger partial charge >= 0.3 is 0 Å². The maximum atomic E-state index is 6.36. The molecular weight excluding hydrogens is 454 g/mol. The van der Waals surface area contributed by atoms with E-state index in [1.807, 2.05) is 36.5 Å². The summed E-state index contributed by atoms with van der Waals surface area (Å²) >= 11 is 0. The molecule has 5 aromatic carbocycles. The summed E-state index contributed by atoms with van der Waals surface area (Å²) in [6, 6.07) is 42.3. The van der Waals surface area contributed by atoms with Crippen LogP contribution in [-0.2, 0) is 0 Å². The first-order chi connectivity index (χ1) is 18.4. The fourth-order valence-corrected chi connectivity index (χ4v) is 5.67. The van der Waals surface area contributed by atoms with Crippen molar-refractivity contribution in [3.8, 4) is 23.0 Å². The van der Waals surface area contributed by atoms with E-state index in [4.69, 9.17) is 4.42 Å². The fourth-order valence-electron chi connectivity index (χ4n) is 5.67. The highest BCUT2D eigenvalue weighted by molar-refractivity contribution is 6.26. The summed E-state index contributed by atoms with van der Waals surface area (Å²) in [6.45, 7) is 0. The number of hydrogen-bond donors (Lipinski definition) is 0. The first-order valence-corrected chi connectivity index (χ1v) is 12.4. The van der Waals surface area contributed by atoms with Gasteiger partial charge in [-0.15, -0.1) is 0 Å². The largest absolute Gasteiger partial charge is 0.420 e. The summed E-state index contributed by atoms with van der Waals surface area (Å²) in [5, 5.41) is 4.86. The molecule has 0 spiro atoms. The number of oxazole rings is 1. The minimum atomic E-state index is 0.612. The quantitative estimate of drug-likeness (QED) is 0.257. The van der Waals surface area contributed by atoms with Crippen molar-refractivity contribution in [2.24, 2.45) is 0 Å². The predicted molar refractivity (Wildman–Crippen MR) is 151 cm³/mol. The van der Waals surface area contributed by atoms with E-state index in [2.05, 4.69) is 105 Å². The summed E-state index contributed by atoms with van der Waals surface area (Å²) < 4.78 is 10.9. The molecule has 3 heterocycles. The van der Waals surface area contributed by atoms with Crippen LogP contribution >= 0.6 is 0 Å². The van der Waals surface area contributed by atoms with Crippen LogP contribution in [0.4, 0.5) is 0 Å². The van der Waals surface area contributed by atoms with Crippen LogP contribution in [0.15, 0.2) is 132 Å². The van der Waals surface area contributed by atoms with Crippen LogP contribution in [0, 0.1) is 0 Å². The van der Waals surface area contributed by atoms with Crippen LogP contribution in [-0.4, -0.2) is 14.1 Å². The lowest BCUT2D eigenvalue weighted by Gasteiger charge is -2.09. The van der Waals surface area contributed by atoms with Crippen LogP contribution in [0.25, 0.3) is 66.6 Å². The molecule has 3 aromatic heterocycles. The smallest absolute Gasteiger partial charge is 0.228 e. The third kappa shape index (κ3) is 2.87. The molecule has 0 radical (unpaired) electrons. The van der Waals surface area contributed by atoms with E-state index >= 15 is 0 Å². The third-order valence-electron chi connectivity index (χ3n) is 7.22. The van der Waals surface area contributed by atoms with Crippen LogP contribution in [0.5, 0.6) is 0 Å². The average Bonchev–Trinajstić information content (AvgIpc) is 3.66. The number of aromatic nitrogens is 3. The lowest BCUT2D eigenvalue weighted by Crippen LogP contribution is -1.94. The molecule has 4 heteroatoms. The van der Waals surface area contributed by atoms with E-state index in [-0.39, 0.29) is 0 Å². The summed E-state index contributed by atoms with van der Waals surface area (Å²) in [5.74, 6) is 1.31. The van der Waals surface area contributed by atoms with E-state index < -0.39 is 0 Å². The second-order valence-corrected chi connectivity index (χ2v) is 9.27. The average molecular weight is 476 g/mol. The van der Waals surface area contributed by atoms with Gasteiger partial charge in [0.25, 0.3) is 0 Å². The molecule has 0 unspecified atom stereocenters. The molecule has 37 heavy (non-hydrogen) atoms. The number of rotatable bonds is 3. The normalized spacial score (nSPS) is 11.8. The van der Waals surface area contributed by atoms with Gasteiger partial charge in [-0.3, -0.25) is 4.57 Å². The minimum Gasteiger partial charge on any atom is -0.420 e. The number of para-hydroxylation sites is 3. The van der Waals surface area contributed by atoms with Crippen LogP contribution in [0.2, 0.25) is 0 Å². The number of benzene rings is 5. The highest BCUT2D eigenvalue weighted by atomic mass is 16.4. The molecular formula is C33H21N3O. The molecule has 0 amide bonds. The van der Waals surface area contributed by atoms with Crippen molar-refractivity contribution >= 4 is 43.6 Å². The van der Waals surface area contributed by atoms with E-state index in [1.165, 1.54) is 32.6 Å². The summed E-state index contributed by atoms with van der Waals surface area (Å²) in [4.78, 5) is 4.63. The molecule has 0 atom stereocenters. The Bertz CT molecular complexity index is 2080. The van der Waals surface area contributed by atoms with E-state index in [9.17, 15) is 0 Å². The molecule has 0 aliphatic carbocycles. The predicted octanol–water partition coefficient (Wildman–Crippen LogP) is 8.54. The Morgan fingerprint density at radius 2 is 1.16 bits per heavy atom. The van der Waals surface area contributed by atoms with E-state index in [0.717, 1.165) is 22.3 Å². The Hall–Kier alpha value is -5.09. The lowest BCUT2D eigenvalue weighted by atomic mass is 10.1. The van der Waals surface area contributed by atoms with Crippen molar-refractivity contribution < 1.29 is 4.42 Å². The van der Waals surface area contributed by atoms with Gasteiger partial charge in [0, 0.05) is 32.8 Å². The van der Waals surface area contributed by atoms with Crippen molar-refractivity contribution in [3.63, 3.8) is 0 Å². The SMILES string of the molecule is c1ccc(-c2ncc(-n3c4ccccc4c4c3ccc3c5ccccc5n(-c5ccccc5)c34)o2)cc1. The van der Waals surface area contributed by atoms with Gasteiger partial charge in [0.2, 0.25) is 11.8 Å². The Morgan fingerprint density at radius 1 is 0.514 bits per heavy atom. The maximum Gasteiger partial charge on any atom is 0.228 e. The lowest BCUT2D eigenvalue weighted by molar-refractivity contribution is 0.554. The van der Waals surface area contributed by atoms with Gasteiger partial charge < -0.3 is 8.98 Å². The molecule has 8 rings (SSSR count). The van der Waals surface area contributed by atoms with Crippen molar-refractivity contribution in [1.29, 1.82) is 0 Å². The summed E-state index contributed by atoms with van der Waals surface area (Å²) in [5.41, 5.74) is 6.67. The molecule has 0 aliphatic rings. The first kappa shape index (κ1) is 20.1. The van der Waals surface area contributed by atoms with Crippen molar-refractivity contribution in [2.45, 2.75) is 0 Å². The standard InChI is InChI=1S/C33H21N3O/c1-3-11-22(12-4-1)33-34-21-30(37-33)36-28-18-10-8-16-26(28)31-29(36)20-19-25-24-15-7-9-17-27(24)35(32(25)31)23-13-5-2-6-14-23/h1-21H. The highest BCUT2D eigenvalue weighted by Crippen LogP contribution is 2.42. The minimum absolute atomic E-state index is 0.612. The molecule has 0 saturated heterocycles. The number of hydrogen-bond acceptors (Lipinski definition) is 2. The highest BCUT2D eigenvalue weighted by Gasteiger charge is 2.21. The molecule has 8 aromatic rings. The molecule has 4 nitrogen and oxygen atoms in total. The van der Waals surface area contributed by atoms with Crippen LogP contribution < -0.4 is 0 Å². The van der Waals surface area contributed by atoms with Gasteiger partial charge in [0.15, 0.2) is 0 Å². The third-order valence-corrected chi connectivity index (χ3v) is 7.22. The fraction of sp³-hybridized carbons (Fsp3) is 0. The number of nitrogens with zero attached hydrogens (tertiary/aromatic N) is 3. The van der Waals surface area contributed by atoms with Gasteiger partial charge in [0.05, 0.1) is 28.3 Å². The zero-order valence-corrected chi connectivity index (χ0v) is 19.9. The van der Waals surface area contributed by atoms with E-state index in [0.29, 0.717) is 11.8 Å². The van der Waals surface area contributed by atoms with Crippen molar-refractivity contribution in [3.05, 3.63) is 128 Å². The van der Waals surface area contributed by atoms with Gasteiger partial charge in [-0.2, -0.15) is 0 Å². The van der Waals surface area contributed by atoms with Gasteiger partial charge in [-0.1, -0.05) is 78.9 Å². The van der Waals surface area contributed by atoms with Gasteiger partial charge in [-0.05, 0) is 42.5 Å². The zero-order chi connectivity index (χ0) is 24.3. The summed E-state index contributed by atoms with van der Waals surface area (Å²) in [7, 11) is 0. The Labute approximate surface area is 212 Å². The maximum absolute atomic E-state index is 6.36. The van der Waals surface area contributed by atoms with Crippen molar-refractivity contribution in [2.75, 3.05) is 0 Å². The monoisotopic (exact) mass is 475 g/mol. The van der Waals surface area contributed by atoms with Gasteiger partial charge in [0.1, 0.15) is 0 Å². The van der Waals surface area contributed by atoms with E-state index in [1.54, 1.807) is 0 Å². The molecule has 174 valence electrons. The topological polar surface area (TPSA) is 35.9 Å². The second-order valence-electron chi connectivity index (χ2n) is 9.27. The second kappa shape index (κ2) is 7.70. The Morgan fingerprint density at radius 3 is 1.95 bits per heavy atom. The van der Waals surface area contributed by atoms with Gasteiger partial charge in [-0.25, -0.2) is 4.98 Å². The molecule has 0 saturated carbocycles. The Kier molecular flexibility index (Phi) is 4.19. The molecule has 0 aliphatic heterocycles. The Balaban J connectivity index is 1.52. The first-order valence-electron chi connectivity index (χ1n) is 12.4. The summed E-state index contributed by atoms with van der Waals surface area (Å²) in [6.07, 6.45) is 1.82. The van der Waals surface area contributed by atoms with Crippen LogP contribution in [0.1, 0.15) is 0 Å². The zero-order valence-electron chi connectivity index (χ0n) is 19.9.